The van der Waals surface area contributed by atoms with E-state index in [0.717, 1.165) is 6.07 Å². The van der Waals surface area contributed by atoms with E-state index in [1.165, 1.54) is 31.4 Å². The molecule has 0 unspecified atom stereocenters. The summed E-state index contributed by atoms with van der Waals surface area (Å²) in [4.78, 5) is 21.9. The number of nitrogens with zero attached hydrogens (tertiary/aromatic N) is 2. The fourth-order valence-corrected chi connectivity index (χ4v) is 1.50. The number of hydrogen-bond acceptors (Lipinski definition) is 6. The van der Waals surface area contributed by atoms with E-state index in [1.54, 1.807) is 0 Å². The summed E-state index contributed by atoms with van der Waals surface area (Å²) in [6.45, 7) is 0. The highest BCUT2D eigenvalue weighted by molar-refractivity contribution is 5.88. The molecule has 0 radical (unpaired) electrons. The summed E-state index contributed by atoms with van der Waals surface area (Å²) in [6.07, 6.45) is 0. The molecule has 0 spiro atoms. The van der Waals surface area contributed by atoms with Crippen LogP contribution >= 0.6 is 0 Å². The van der Waals surface area contributed by atoms with Gasteiger partial charge in [-0.3, -0.25) is 0 Å². The van der Waals surface area contributed by atoms with Crippen molar-refractivity contribution in [3.8, 4) is 0 Å². The van der Waals surface area contributed by atoms with Gasteiger partial charge in [-0.2, -0.15) is 0 Å². The summed E-state index contributed by atoms with van der Waals surface area (Å²) < 4.78 is 18.2. The molecule has 8 heteroatoms. The Balaban J connectivity index is 2.18. The number of aromatic carboxylic acids is 1. The molecule has 1 heterocycles. The molecule has 0 aliphatic carbocycles. The Bertz CT molecular complexity index is 688. The van der Waals surface area contributed by atoms with Crippen molar-refractivity contribution in [3.63, 3.8) is 0 Å². The maximum absolute atomic E-state index is 13.7. The molecule has 2 N–H and O–H groups in total. The number of carbonyl (C=O) groups is 2. The van der Waals surface area contributed by atoms with Gasteiger partial charge in [-0.05, 0) is 30.3 Å². The molecule has 0 saturated carbocycles. The van der Waals surface area contributed by atoms with Gasteiger partial charge in [0.15, 0.2) is 11.5 Å². The van der Waals surface area contributed by atoms with Crippen molar-refractivity contribution in [1.82, 2.24) is 10.2 Å². The first kappa shape index (κ1) is 14.4. The lowest BCUT2D eigenvalue weighted by atomic mass is 10.2. The van der Waals surface area contributed by atoms with E-state index in [0.29, 0.717) is 0 Å². The highest BCUT2D eigenvalue weighted by Gasteiger charge is 2.11. The van der Waals surface area contributed by atoms with Crippen LogP contribution < -0.4 is 5.32 Å². The van der Waals surface area contributed by atoms with E-state index in [1.807, 2.05) is 0 Å². The quantitative estimate of drug-likeness (QED) is 0.829. The van der Waals surface area contributed by atoms with Gasteiger partial charge < -0.3 is 15.2 Å². The number of benzene rings is 1. The van der Waals surface area contributed by atoms with E-state index in [9.17, 15) is 14.0 Å². The monoisotopic (exact) mass is 291 g/mol. The van der Waals surface area contributed by atoms with Gasteiger partial charge in [0.05, 0.1) is 18.4 Å². The normalized spacial score (nSPS) is 10.0. The van der Waals surface area contributed by atoms with Crippen LogP contribution in [0, 0.1) is 5.82 Å². The molecule has 0 aliphatic heterocycles. The number of carboxylic acid groups (broad SMARTS) is 1. The highest BCUT2D eigenvalue weighted by atomic mass is 19.1. The average molecular weight is 291 g/mol. The summed E-state index contributed by atoms with van der Waals surface area (Å²) in [5, 5.41) is 18.7. The van der Waals surface area contributed by atoms with Crippen LogP contribution in [-0.4, -0.2) is 34.4 Å². The third-order valence-electron chi connectivity index (χ3n) is 2.54. The third kappa shape index (κ3) is 3.30. The van der Waals surface area contributed by atoms with Crippen molar-refractivity contribution < 1.29 is 23.8 Å². The Labute approximate surface area is 118 Å². The van der Waals surface area contributed by atoms with E-state index in [4.69, 9.17) is 5.11 Å². The topological polar surface area (TPSA) is 101 Å². The molecule has 0 bridgehead atoms. The number of carboxylic acids is 1. The zero-order valence-corrected chi connectivity index (χ0v) is 10.8. The van der Waals surface area contributed by atoms with Crippen molar-refractivity contribution in [2.24, 2.45) is 0 Å². The Morgan fingerprint density at radius 2 is 2.00 bits per heavy atom. The zero-order valence-electron chi connectivity index (χ0n) is 10.8. The third-order valence-corrected chi connectivity index (χ3v) is 2.54. The van der Waals surface area contributed by atoms with Crippen LogP contribution in [0.4, 0.5) is 15.9 Å². The lowest BCUT2D eigenvalue weighted by Gasteiger charge is -2.07. The molecule has 0 amide bonds. The number of aromatic nitrogens is 2. The molecule has 7 nitrogen and oxygen atoms in total. The van der Waals surface area contributed by atoms with E-state index in [-0.39, 0.29) is 22.8 Å². The molecular weight excluding hydrogens is 281 g/mol. The molecule has 0 aliphatic rings. The van der Waals surface area contributed by atoms with Crippen LogP contribution in [-0.2, 0) is 4.74 Å². The van der Waals surface area contributed by atoms with Gasteiger partial charge in [-0.1, -0.05) is 0 Å². The number of anilines is 2. The van der Waals surface area contributed by atoms with Gasteiger partial charge in [0.25, 0.3) is 0 Å². The summed E-state index contributed by atoms with van der Waals surface area (Å²) in [6, 6.07) is 6.20. The van der Waals surface area contributed by atoms with Gasteiger partial charge in [0, 0.05) is 0 Å². The molecule has 21 heavy (non-hydrogen) atoms. The average Bonchev–Trinajstić information content (AvgIpc) is 2.49. The number of hydrogen-bond donors (Lipinski definition) is 2. The molecule has 0 fully saturated rings. The van der Waals surface area contributed by atoms with Crippen LogP contribution in [0.3, 0.4) is 0 Å². The molecule has 1 aromatic heterocycles. The molecular formula is C13H10FN3O4. The maximum atomic E-state index is 13.7. The van der Waals surface area contributed by atoms with Crippen molar-refractivity contribution in [1.29, 1.82) is 0 Å². The second-order valence-electron chi connectivity index (χ2n) is 3.92. The number of carbonyl (C=O) groups excluding carboxylic acids is 1. The van der Waals surface area contributed by atoms with Gasteiger partial charge in [0.1, 0.15) is 5.82 Å². The van der Waals surface area contributed by atoms with E-state index in [2.05, 4.69) is 20.3 Å². The number of rotatable bonds is 4. The van der Waals surface area contributed by atoms with Crippen molar-refractivity contribution in [2.75, 3.05) is 12.4 Å². The smallest absolute Gasteiger partial charge is 0.358 e. The lowest BCUT2D eigenvalue weighted by Crippen LogP contribution is -2.07. The van der Waals surface area contributed by atoms with Crippen LogP contribution in [0.5, 0.6) is 0 Å². The first-order chi connectivity index (χ1) is 10.0. The second-order valence-corrected chi connectivity index (χ2v) is 3.92. The highest BCUT2D eigenvalue weighted by Crippen LogP contribution is 2.19. The number of nitrogens with one attached hydrogen (secondary N) is 1. The Morgan fingerprint density at radius 3 is 2.52 bits per heavy atom. The number of methoxy groups -OCH3 is 1. The number of esters is 1. The second kappa shape index (κ2) is 5.95. The first-order valence-corrected chi connectivity index (χ1v) is 5.73. The summed E-state index contributed by atoms with van der Waals surface area (Å²) in [5.74, 6) is -2.40. The molecule has 0 atom stereocenters. The SMILES string of the molecule is COC(=O)c1ccc(Nc2ccc(C(=O)O)cc2F)nn1. The maximum Gasteiger partial charge on any atom is 0.358 e. The number of ether oxygens (including phenoxy) is 1. The van der Waals surface area contributed by atoms with Crippen LogP contribution in [0.1, 0.15) is 20.8 Å². The predicted molar refractivity (Wildman–Crippen MR) is 70.0 cm³/mol. The minimum absolute atomic E-state index is 0.0183. The molecule has 2 rings (SSSR count). The zero-order chi connectivity index (χ0) is 15.4. The standard InChI is InChI=1S/C13H10FN3O4/c1-21-13(20)10-4-5-11(17-16-10)15-9-3-2-7(12(18)19)6-8(9)14/h2-6H,1H3,(H,15,17)(H,18,19). The first-order valence-electron chi connectivity index (χ1n) is 5.73. The minimum atomic E-state index is -1.22. The summed E-state index contributed by atoms with van der Waals surface area (Å²) in [7, 11) is 1.22. The Kier molecular flexibility index (Phi) is 4.07. The minimum Gasteiger partial charge on any atom is -0.478 e. The van der Waals surface area contributed by atoms with Gasteiger partial charge in [-0.15, -0.1) is 10.2 Å². The van der Waals surface area contributed by atoms with E-state index >= 15 is 0 Å². The Morgan fingerprint density at radius 1 is 1.24 bits per heavy atom. The largest absolute Gasteiger partial charge is 0.478 e. The number of halogens is 1. The van der Waals surface area contributed by atoms with Gasteiger partial charge in [0.2, 0.25) is 0 Å². The summed E-state index contributed by atoms with van der Waals surface area (Å²) in [5.41, 5.74) is -0.102. The molecule has 0 saturated heterocycles. The van der Waals surface area contributed by atoms with Crippen molar-refractivity contribution >= 4 is 23.4 Å². The molecule has 1 aromatic carbocycles. The van der Waals surface area contributed by atoms with Crippen molar-refractivity contribution in [3.05, 3.63) is 47.4 Å². The summed E-state index contributed by atoms with van der Waals surface area (Å²) >= 11 is 0. The molecule has 108 valence electrons. The van der Waals surface area contributed by atoms with Crippen LogP contribution in [0.15, 0.2) is 30.3 Å². The predicted octanol–water partition coefficient (Wildman–Crippen LogP) is 1.84. The fraction of sp³-hybridized carbons (Fsp3) is 0.0769. The van der Waals surface area contributed by atoms with Crippen molar-refractivity contribution in [2.45, 2.75) is 0 Å². The van der Waals surface area contributed by atoms with Crippen LogP contribution in [0.2, 0.25) is 0 Å². The lowest BCUT2D eigenvalue weighted by molar-refractivity contribution is 0.0592. The van der Waals surface area contributed by atoms with Gasteiger partial charge >= 0.3 is 11.9 Å². The van der Waals surface area contributed by atoms with Crippen LogP contribution in [0.25, 0.3) is 0 Å². The molecule has 2 aromatic rings. The van der Waals surface area contributed by atoms with Gasteiger partial charge in [-0.25, -0.2) is 14.0 Å². The Hall–Kier alpha value is -3.03. The van der Waals surface area contributed by atoms with E-state index < -0.39 is 17.8 Å². The fourth-order valence-electron chi connectivity index (χ4n) is 1.50.